The lowest BCUT2D eigenvalue weighted by molar-refractivity contribution is -0.179. The van der Waals surface area contributed by atoms with Gasteiger partial charge in [0.25, 0.3) is 5.91 Å². The first-order chi connectivity index (χ1) is 20.4. The summed E-state index contributed by atoms with van der Waals surface area (Å²) in [5.41, 5.74) is 4.44. The van der Waals surface area contributed by atoms with Crippen LogP contribution in [0.2, 0.25) is 0 Å². The summed E-state index contributed by atoms with van der Waals surface area (Å²) in [7, 11) is 1.70. The van der Waals surface area contributed by atoms with Gasteiger partial charge >= 0.3 is 5.97 Å². The molecule has 0 aliphatic rings. The third kappa shape index (κ3) is 11.4. The van der Waals surface area contributed by atoms with Gasteiger partial charge in [-0.15, -0.1) is 0 Å². The molecule has 234 valence electrons. The number of esters is 1. The smallest absolute Gasteiger partial charge is 0.338 e. The van der Waals surface area contributed by atoms with Crippen LogP contribution in [0.1, 0.15) is 81.5 Å². The van der Waals surface area contributed by atoms with Gasteiger partial charge in [0.1, 0.15) is 5.60 Å². The largest absolute Gasteiger partial charge is 0.458 e. The number of unbranched alkanes of at least 4 members (excludes halogenated alkanes) is 4. The zero-order valence-corrected chi connectivity index (χ0v) is 27.0. The maximum atomic E-state index is 13.4. The van der Waals surface area contributed by atoms with Crippen molar-refractivity contribution in [1.82, 2.24) is 4.90 Å². The molecule has 2 atom stereocenters. The van der Waals surface area contributed by atoms with Gasteiger partial charge in [0.15, 0.2) is 12.2 Å². The van der Waals surface area contributed by atoms with E-state index in [-0.39, 0.29) is 6.61 Å². The highest BCUT2D eigenvalue weighted by Crippen LogP contribution is 2.18. The normalized spacial score (nSPS) is 13.1. The van der Waals surface area contributed by atoms with E-state index in [0.717, 1.165) is 51.4 Å². The Morgan fingerprint density at radius 1 is 0.791 bits per heavy atom. The Kier molecular flexibility index (Phi) is 13.2. The SMILES string of the molecule is Cc1ccc(CCCCCO[C@@H](C(=O)N(C)CCCCCc2ccc3ccccc3c2)[C@@H](O)C(=O)OC(C)(C)C)cc1C. The molecule has 3 aromatic rings. The van der Waals surface area contributed by atoms with E-state index in [1.54, 1.807) is 32.7 Å². The number of hydrogen-bond donors (Lipinski definition) is 1. The van der Waals surface area contributed by atoms with Gasteiger partial charge in [0, 0.05) is 20.2 Å². The number of likely N-dealkylation sites (N-methyl/N-ethyl adjacent to an activating group) is 1. The molecule has 0 aliphatic carbocycles. The lowest BCUT2D eigenvalue weighted by atomic mass is 10.0. The zero-order valence-electron chi connectivity index (χ0n) is 27.0. The first-order valence-electron chi connectivity index (χ1n) is 15.8. The molecule has 0 unspecified atom stereocenters. The van der Waals surface area contributed by atoms with Gasteiger partial charge in [-0.25, -0.2) is 4.79 Å². The van der Waals surface area contributed by atoms with Crippen LogP contribution in [0.5, 0.6) is 0 Å². The van der Waals surface area contributed by atoms with Gasteiger partial charge < -0.3 is 19.5 Å². The quantitative estimate of drug-likeness (QED) is 0.142. The molecule has 0 radical (unpaired) electrons. The van der Waals surface area contributed by atoms with E-state index in [1.165, 1.54) is 33.0 Å². The lowest BCUT2D eigenvalue weighted by Crippen LogP contribution is -2.50. The van der Waals surface area contributed by atoms with E-state index in [9.17, 15) is 14.7 Å². The minimum Gasteiger partial charge on any atom is -0.458 e. The molecule has 1 amide bonds. The van der Waals surface area contributed by atoms with Gasteiger partial charge in [-0.05, 0) is 106 Å². The average molecular weight is 590 g/mol. The number of aryl methyl sites for hydroxylation is 4. The predicted molar refractivity (Wildman–Crippen MR) is 174 cm³/mol. The average Bonchev–Trinajstić information content (AvgIpc) is 2.96. The Morgan fingerprint density at radius 2 is 1.42 bits per heavy atom. The van der Waals surface area contributed by atoms with E-state index in [0.29, 0.717) is 6.54 Å². The first kappa shape index (κ1) is 34.3. The standard InChI is InChI=1S/C37H51NO5/c1-27-19-20-29(25-28(27)2)15-10-8-14-24-42-34(33(39)36(41)43-37(3,4)5)35(40)38(6)23-13-7-9-16-30-21-22-31-17-11-12-18-32(31)26-30/h11-12,17-22,25-26,33-34,39H,7-10,13-16,23-24H2,1-6H3/t33-,34-/m1/s1. The van der Waals surface area contributed by atoms with E-state index in [1.807, 2.05) is 0 Å². The fourth-order valence-electron chi connectivity index (χ4n) is 5.14. The van der Waals surface area contributed by atoms with E-state index >= 15 is 0 Å². The summed E-state index contributed by atoms with van der Waals surface area (Å²) in [6, 6.07) is 21.5. The number of fused-ring (bicyclic) bond motifs is 1. The molecule has 3 aromatic carbocycles. The highest BCUT2D eigenvalue weighted by Gasteiger charge is 2.37. The fraction of sp³-hybridized carbons (Fsp3) is 0.514. The molecule has 6 nitrogen and oxygen atoms in total. The highest BCUT2D eigenvalue weighted by atomic mass is 16.6. The summed E-state index contributed by atoms with van der Waals surface area (Å²) in [4.78, 5) is 27.6. The Morgan fingerprint density at radius 3 is 2.09 bits per heavy atom. The molecule has 0 fully saturated rings. The van der Waals surface area contributed by atoms with Crippen LogP contribution in [0.3, 0.4) is 0 Å². The molecule has 0 saturated carbocycles. The van der Waals surface area contributed by atoms with Crippen molar-refractivity contribution in [3.63, 3.8) is 0 Å². The van der Waals surface area contributed by atoms with Crippen LogP contribution in [0.25, 0.3) is 10.8 Å². The topological polar surface area (TPSA) is 76.1 Å². The number of carbonyl (C=O) groups excluding carboxylic acids is 2. The second kappa shape index (κ2) is 16.6. The minimum absolute atomic E-state index is 0.281. The molecular formula is C37H51NO5. The van der Waals surface area contributed by atoms with Crippen molar-refractivity contribution >= 4 is 22.6 Å². The van der Waals surface area contributed by atoms with Crippen LogP contribution >= 0.6 is 0 Å². The first-order valence-corrected chi connectivity index (χ1v) is 15.8. The number of rotatable bonds is 16. The monoisotopic (exact) mass is 589 g/mol. The zero-order chi connectivity index (χ0) is 31.4. The number of carbonyl (C=O) groups is 2. The Hall–Kier alpha value is -3.22. The molecule has 0 heterocycles. The second-order valence-corrected chi connectivity index (χ2v) is 12.8. The molecular weight excluding hydrogens is 538 g/mol. The number of aliphatic hydroxyl groups excluding tert-OH is 1. The Labute approximate surface area is 258 Å². The Balaban J connectivity index is 1.46. The van der Waals surface area contributed by atoms with Gasteiger partial charge in [-0.3, -0.25) is 4.79 Å². The van der Waals surface area contributed by atoms with Gasteiger partial charge in [-0.1, -0.05) is 73.5 Å². The number of hydrogen-bond acceptors (Lipinski definition) is 5. The summed E-state index contributed by atoms with van der Waals surface area (Å²) >= 11 is 0. The Bertz CT molecular complexity index is 1330. The predicted octanol–water partition coefficient (Wildman–Crippen LogP) is 7.13. The number of amides is 1. The van der Waals surface area contributed by atoms with Gasteiger partial charge in [0.05, 0.1) is 0 Å². The van der Waals surface area contributed by atoms with Crippen molar-refractivity contribution in [2.45, 2.75) is 104 Å². The third-order valence-electron chi connectivity index (χ3n) is 7.81. The number of aliphatic hydroxyl groups is 1. The van der Waals surface area contributed by atoms with Crippen molar-refractivity contribution in [3.8, 4) is 0 Å². The molecule has 0 aromatic heterocycles. The van der Waals surface area contributed by atoms with Crippen LogP contribution in [0.15, 0.2) is 60.7 Å². The molecule has 3 rings (SSSR count). The lowest BCUT2D eigenvalue weighted by Gasteiger charge is -2.28. The maximum absolute atomic E-state index is 13.4. The molecule has 0 aliphatic heterocycles. The molecule has 0 spiro atoms. The third-order valence-corrected chi connectivity index (χ3v) is 7.81. The summed E-state index contributed by atoms with van der Waals surface area (Å²) < 4.78 is 11.3. The highest BCUT2D eigenvalue weighted by molar-refractivity contribution is 5.88. The van der Waals surface area contributed by atoms with Crippen molar-refractivity contribution < 1.29 is 24.2 Å². The van der Waals surface area contributed by atoms with Crippen LogP contribution in [-0.2, 0) is 31.9 Å². The molecule has 6 heteroatoms. The number of ether oxygens (including phenoxy) is 2. The molecule has 0 saturated heterocycles. The van der Waals surface area contributed by atoms with Crippen LogP contribution in [-0.4, -0.2) is 59.9 Å². The van der Waals surface area contributed by atoms with E-state index in [4.69, 9.17) is 9.47 Å². The van der Waals surface area contributed by atoms with E-state index < -0.39 is 29.7 Å². The molecule has 1 N–H and O–H groups in total. The summed E-state index contributed by atoms with van der Waals surface area (Å²) in [6.45, 7) is 10.2. The summed E-state index contributed by atoms with van der Waals surface area (Å²) in [5, 5.41) is 13.3. The fourth-order valence-corrected chi connectivity index (χ4v) is 5.14. The van der Waals surface area contributed by atoms with Crippen LogP contribution < -0.4 is 0 Å². The van der Waals surface area contributed by atoms with Crippen molar-refractivity contribution in [3.05, 3.63) is 82.9 Å². The molecule has 43 heavy (non-hydrogen) atoms. The van der Waals surface area contributed by atoms with Crippen molar-refractivity contribution in [2.24, 2.45) is 0 Å². The number of nitrogens with zero attached hydrogens (tertiary/aromatic N) is 1. The maximum Gasteiger partial charge on any atom is 0.338 e. The summed E-state index contributed by atoms with van der Waals surface area (Å²) in [5.74, 6) is -1.24. The summed E-state index contributed by atoms with van der Waals surface area (Å²) in [6.07, 6.45) is 4.44. The van der Waals surface area contributed by atoms with Gasteiger partial charge in [0.2, 0.25) is 0 Å². The molecule has 0 bridgehead atoms. The minimum atomic E-state index is -1.68. The van der Waals surface area contributed by atoms with Crippen molar-refractivity contribution in [1.29, 1.82) is 0 Å². The number of benzene rings is 3. The second-order valence-electron chi connectivity index (χ2n) is 12.8. The van der Waals surface area contributed by atoms with Crippen LogP contribution in [0.4, 0.5) is 0 Å². The van der Waals surface area contributed by atoms with Crippen molar-refractivity contribution in [2.75, 3.05) is 20.2 Å². The van der Waals surface area contributed by atoms with Gasteiger partial charge in [-0.2, -0.15) is 0 Å². The van der Waals surface area contributed by atoms with E-state index in [2.05, 4.69) is 74.5 Å². The van der Waals surface area contributed by atoms with Crippen LogP contribution in [0, 0.1) is 13.8 Å².